The molecule has 1 aliphatic heterocycles. The highest BCUT2D eigenvalue weighted by molar-refractivity contribution is 6.74. The van der Waals surface area contributed by atoms with Crippen LogP contribution in [0.25, 0.3) is 0 Å². The van der Waals surface area contributed by atoms with Gasteiger partial charge in [0, 0.05) is 31.6 Å². The number of carbonyl (C=O) groups is 2. The lowest BCUT2D eigenvalue weighted by Gasteiger charge is -2.54. The third-order valence-corrected chi connectivity index (χ3v) is 12.5. The molecule has 0 aromatic rings. The van der Waals surface area contributed by atoms with Crippen LogP contribution < -0.4 is 0 Å². The van der Waals surface area contributed by atoms with E-state index in [-0.39, 0.29) is 17.1 Å². The zero-order chi connectivity index (χ0) is 29.2. The van der Waals surface area contributed by atoms with Crippen LogP contribution in [0.2, 0.25) is 18.1 Å². The maximum atomic E-state index is 13.1. The van der Waals surface area contributed by atoms with Crippen LogP contribution in [0.1, 0.15) is 92.9 Å². The number of unbranched alkanes of at least 4 members (excludes halogenated alkanes) is 4. The average molecular weight is 555 g/mol. The summed E-state index contributed by atoms with van der Waals surface area (Å²) in [6, 6.07) is 0. The monoisotopic (exact) mass is 554 g/mol. The first-order chi connectivity index (χ1) is 17.6. The number of carbonyl (C=O) groups excluding carboxylic acids is 2. The van der Waals surface area contributed by atoms with Crippen molar-refractivity contribution in [3.8, 4) is 0 Å². The molecule has 0 radical (unpaired) electrons. The molecule has 220 valence electrons. The minimum absolute atomic E-state index is 0.0156. The van der Waals surface area contributed by atoms with Crippen LogP contribution in [0.15, 0.2) is 24.3 Å². The lowest BCUT2D eigenvalue weighted by molar-refractivity contribution is -0.348. The molecule has 0 bridgehead atoms. The third kappa shape index (κ3) is 9.03. The van der Waals surface area contributed by atoms with Gasteiger partial charge < -0.3 is 23.4 Å². The molecule has 1 heterocycles. The Kier molecular flexibility index (Phi) is 13.4. The van der Waals surface area contributed by atoms with Gasteiger partial charge in [-0.1, -0.05) is 73.3 Å². The Hall–Kier alpha value is -1.48. The van der Waals surface area contributed by atoms with Crippen molar-refractivity contribution in [3.63, 3.8) is 0 Å². The predicted octanol–water partition coefficient (Wildman–Crippen LogP) is 7.11. The van der Waals surface area contributed by atoms with Crippen molar-refractivity contribution in [3.05, 3.63) is 24.3 Å². The predicted molar refractivity (Wildman–Crippen MR) is 154 cm³/mol. The van der Waals surface area contributed by atoms with Crippen LogP contribution in [0.3, 0.4) is 0 Å². The van der Waals surface area contributed by atoms with Crippen LogP contribution in [-0.4, -0.2) is 59.1 Å². The summed E-state index contributed by atoms with van der Waals surface area (Å²) < 4.78 is 30.6. The number of methoxy groups -OCH3 is 2. The molecule has 0 aromatic heterocycles. The normalized spacial score (nSPS) is 23.8. The number of hydrogen-bond donors (Lipinski definition) is 0. The van der Waals surface area contributed by atoms with E-state index in [1.807, 2.05) is 13.8 Å². The van der Waals surface area contributed by atoms with Gasteiger partial charge in [-0.25, -0.2) is 4.79 Å². The first-order valence-electron chi connectivity index (χ1n) is 14.1. The summed E-state index contributed by atoms with van der Waals surface area (Å²) >= 11 is 0. The summed E-state index contributed by atoms with van der Waals surface area (Å²) in [5, 5.41) is 0.0156. The Morgan fingerprint density at radius 2 is 1.74 bits per heavy atom. The van der Waals surface area contributed by atoms with Crippen LogP contribution in [-0.2, 0) is 33.0 Å². The Morgan fingerprint density at radius 1 is 1.11 bits per heavy atom. The van der Waals surface area contributed by atoms with Crippen molar-refractivity contribution in [1.82, 2.24) is 0 Å². The Labute approximate surface area is 232 Å². The first-order valence-corrected chi connectivity index (χ1v) is 17.0. The molecule has 1 rings (SSSR count). The van der Waals surface area contributed by atoms with Gasteiger partial charge in [-0.15, -0.1) is 6.58 Å². The minimum atomic E-state index is -2.11. The Balaban J connectivity index is 3.47. The molecule has 8 heteroatoms. The molecular formula is C30H54O7Si. The van der Waals surface area contributed by atoms with E-state index in [0.717, 1.165) is 32.1 Å². The average Bonchev–Trinajstić information content (AvgIpc) is 2.83. The summed E-state index contributed by atoms with van der Waals surface area (Å²) in [7, 11) is 0.781. The molecular weight excluding hydrogens is 500 g/mol. The summed E-state index contributed by atoms with van der Waals surface area (Å²) in [6.45, 7) is 21.3. The number of esters is 2. The van der Waals surface area contributed by atoms with Crippen molar-refractivity contribution >= 4 is 20.3 Å². The Morgan fingerprint density at radius 3 is 2.26 bits per heavy atom. The van der Waals surface area contributed by atoms with Crippen molar-refractivity contribution in [2.45, 2.75) is 129 Å². The fraction of sp³-hybridized carbons (Fsp3) is 0.800. The molecule has 0 aromatic carbocycles. The highest BCUT2D eigenvalue weighted by Crippen LogP contribution is 2.49. The van der Waals surface area contributed by atoms with Gasteiger partial charge in [0.1, 0.15) is 0 Å². The molecule has 1 aliphatic rings. The second kappa shape index (κ2) is 14.8. The second-order valence-electron chi connectivity index (χ2n) is 12.5. The van der Waals surface area contributed by atoms with E-state index in [1.165, 1.54) is 13.2 Å². The second-order valence-corrected chi connectivity index (χ2v) is 17.4. The van der Waals surface area contributed by atoms with Gasteiger partial charge in [0.25, 0.3) is 0 Å². The first kappa shape index (κ1) is 34.5. The van der Waals surface area contributed by atoms with E-state index in [9.17, 15) is 9.59 Å². The SMILES string of the molecule is C=CC[C@@H]1CC(=CC(=O)OC)[C@H](OC(=O)CCCCCCC)[C@](OC)(C(C)(C)CO[Si](C)(C)C(C)(C)C)O1. The lowest BCUT2D eigenvalue weighted by Crippen LogP contribution is -2.65. The summed E-state index contributed by atoms with van der Waals surface area (Å²) in [5.41, 5.74) is -0.144. The molecule has 0 N–H and O–H groups in total. The molecule has 0 amide bonds. The van der Waals surface area contributed by atoms with Gasteiger partial charge in [-0.05, 0) is 43.0 Å². The standard InChI is InChI=1S/C30H54O7Si/c1-12-14-15-16-17-19-25(31)36-27-23(21-26(32)33-8)20-24(18-13-2)37-30(27,34-9)29(6,7)22-35-38(10,11)28(3,4)5/h13,21,24,27H,2,12,14-20,22H2,1,3-11H3/t24-,27+,30-/m1/s1. The molecule has 1 saturated heterocycles. The lowest BCUT2D eigenvalue weighted by atomic mass is 9.75. The Bertz CT molecular complexity index is 812. The summed E-state index contributed by atoms with van der Waals surface area (Å²) in [6.07, 6.45) is 8.26. The summed E-state index contributed by atoms with van der Waals surface area (Å²) in [4.78, 5) is 25.5. The molecule has 3 atom stereocenters. The highest BCUT2D eigenvalue weighted by Gasteiger charge is 2.60. The van der Waals surface area contributed by atoms with Crippen LogP contribution in [0.4, 0.5) is 0 Å². The van der Waals surface area contributed by atoms with E-state index < -0.39 is 31.6 Å². The molecule has 0 spiro atoms. The van der Waals surface area contributed by atoms with Crippen LogP contribution in [0, 0.1) is 5.41 Å². The fourth-order valence-corrected chi connectivity index (χ4v) is 5.62. The summed E-state index contributed by atoms with van der Waals surface area (Å²) in [5.74, 6) is -2.24. The molecule has 0 saturated carbocycles. The van der Waals surface area contributed by atoms with Crippen molar-refractivity contribution in [2.75, 3.05) is 20.8 Å². The van der Waals surface area contributed by atoms with Gasteiger partial charge >= 0.3 is 11.9 Å². The third-order valence-electron chi connectivity index (χ3n) is 8.00. The maximum absolute atomic E-state index is 13.1. The van der Waals surface area contributed by atoms with Gasteiger partial charge in [0.2, 0.25) is 5.79 Å². The maximum Gasteiger partial charge on any atom is 0.330 e. The molecule has 1 fully saturated rings. The van der Waals surface area contributed by atoms with Crippen LogP contribution >= 0.6 is 0 Å². The van der Waals surface area contributed by atoms with Gasteiger partial charge in [-0.3, -0.25) is 4.79 Å². The number of rotatable bonds is 15. The van der Waals surface area contributed by atoms with Gasteiger partial charge in [-0.2, -0.15) is 0 Å². The van der Waals surface area contributed by atoms with E-state index in [2.05, 4.69) is 47.4 Å². The largest absolute Gasteiger partial charge is 0.466 e. The molecule has 38 heavy (non-hydrogen) atoms. The number of ether oxygens (including phenoxy) is 4. The van der Waals surface area contributed by atoms with Crippen LogP contribution in [0.5, 0.6) is 0 Å². The topological polar surface area (TPSA) is 80.3 Å². The van der Waals surface area contributed by atoms with E-state index in [4.69, 9.17) is 23.4 Å². The van der Waals surface area contributed by atoms with Gasteiger partial charge in [0.15, 0.2) is 14.4 Å². The highest BCUT2D eigenvalue weighted by atomic mass is 28.4. The van der Waals surface area contributed by atoms with E-state index in [0.29, 0.717) is 31.4 Å². The molecule has 0 unspecified atom stereocenters. The van der Waals surface area contributed by atoms with E-state index in [1.54, 1.807) is 13.2 Å². The zero-order valence-corrected chi connectivity index (χ0v) is 26.7. The smallest absolute Gasteiger partial charge is 0.330 e. The quantitative estimate of drug-likeness (QED) is 0.0701. The molecule has 7 nitrogen and oxygen atoms in total. The van der Waals surface area contributed by atoms with Gasteiger partial charge in [0.05, 0.1) is 13.2 Å². The zero-order valence-electron chi connectivity index (χ0n) is 25.7. The van der Waals surface area contributed by atoms with Crippen molar-refractivity contribution in [1.29, 1.82) is 0 Å². The molecule has 0 aliphatic carbocycles. The van der Waals surface area contributed by atoms with Crippen molar-refractivity contribution < 1.29 is 33.0 Å². The fourth-order valence-electron chi connectivity index (χ4n) is 4.47. The van der Waals surface area contributed by atoms with Crippen molar-refractivity contribution in [2.24, 2.45) is 5.41 Å². The van der Waals surface area contributed by atoms with E-state index >= 15 is 0 Å². The minimum Gasteiger partial charge on any atom is -0.466 e. The number of hydrogen-bond acceptors (Lipinski definition) is 7.